The second-order valence-corrected chi connectivity index (χ2v) is 19.6. The summed E-state index contributed by atoms with van der Waals surface area (Å²) in [5.41, 5.74) is 0. The molecule has 4 unspecified atom stereocenters. The minimum atomic E-state index is -1.29. The van der Waals surface area contributed by atoms with E-state index in [-0.39, 0.29) is 0 Å². The summed E-state index contributed by atoms with van der Waals surface area (Å²) < 4.78 is 0. The van der Waals surface area contributed by atoms with Gasteiger partial charge < -0.3 is 25.7 Å². The van der Waals surface area contributed by atoms with Gasteiger partial charge in [0.2, 0.25) is 5.91 Å². The molecule has 0 aliphatic rings. The van der Waals surface area contributed by atoms with E-state index in [0.717, 1.165) is 38.5 Å². The molecule has 4 atom stereocenters. The molecule has 0 radical (unpaired) electrons. The lowest BCUT2D eigenvalue weighted by molar-refractivity contribution is -0.132. The van der Waals surface area contributed by atoms with Crippen molar-refractivity contribution in [2.45, 2.75) is 327 Å². The van der Waals surface area contributed by atoms with Crippen molar-refractivity contribution in [3.8, 4) is 0 Å². The van der Waals surface area contributed by atoms with E-state index in [0.29, 0.717) is 19.3 Å². The highest BCUT2D eigenvalue weighted by atomic mass is 16.3. The fourth-order valence-electron chi connectivity index (χ4n) is 8.95. The zero-order chi connectivity index (χ0) is 45.9. The van der Waals surface area contributed by atoms with Gasteiger partial charge in [0, 0.05) is 0 Å². The minimum absolute atomic E-state index is 0.365. The first-order valence-electron chi connectivity index (χ1n) is 28.2. The third kappa shape index (κ3) is 45.7. The standard InChI is InChI=1S/C57H111NO5/c1-3-5-7-9-11-13-15-17-19-21-23-25-27-29-30-32-34-36-38-40-42-44-46-48-50-54(60)56(62)53(52-59)58-57(63)55(61)51-49-47-45-43-41-39-37-35-33-31-28-26-24-22-20-18-16-14-12-10-8-6-4-2/h34,36,42,44,53-56,59-62H,3-33,35,37-41,43,45-52H2,1-2H3,(H,58,63)/b36-34+,44-42+. The fourth-order valence-corrected chi connectivity index (χ4v) is 8.95. The number of hydrogen-bond acceptors (Lipinski definition) is 5. The Labute approximate surface area is 393 Å². The van der Waals surface area contributed by atoms with Crippen molar-refractivity contribution in [2.24, 2.45) is 0 Å². The molecule has 0 heterocycles. The van der Waals surface area contributed by atoms with Crippen LogP contribution in [0.15, 0.2) is 24.3 Å². The van der Waals surface area contributed by atoms with Crippen molar-refractivity contribution in [1.82, 2.24) is 5.32 Å². The van der Waals surface area contributed by atoms with Crippen LogP contribution in [0.5, 0.6) is 0 Å². The SMILES string of the molecule is CCCCCCCCCCCCCCCCC/C=C/CC/C=C/CCCC(O)C(O)C(CO)NC(=O)C(O)CCCCCCCCCCCCCCCCCCCCCCCCC. The third-order valence-corrected chi connectivity index (χ3v) is 13.4. The molecule has 63 heavy (non-hydrogen) atoms. The summed E-state index contributed by atoms with van der Waals surface area (Å²) in [4.78, 5) is 12.6. The van der Waals surface area contributed by atoms with Crippen LogP contribution in [0.1, 0.15) is 303 Å². The van der Waals surface area contributed by atoms with Gasteiger partial charge in [-0.3, -0.25) is 4.79 Å². The Bertz CT molecular complexity index is 955. The Hall–Kier alpha value is -1.21. The fraction of sp³-hybridized carbons (Fsp3) is 0.912. The second kappa shape index (κ2) is 51.8. The molecule has 6 nitrogen and oxygen atoms in total. The van der Waals surface area contributed by atoms with Gasteiger partial charge in [-0.05, 0) is 51.4 Å². The molecule has 0 aliphatic carbocycles. The highest BCUT2D eigenvalue weighted by Gasteiger charge is 2.28. The zero-order valence-corrected chi connectivity index (χ0v) is 42.3. The smallest absolute Gasteiger partial charge is 0.249 e. The highest BCUT2D eigenvalue weighted by Crippen LogP contribution is 2.18. The average Bonchev–Trinajstić information content (AvgIpc) is 3.29. The molecule has 0 saturated heterocycles. The number of aliphatic hydroxyl groups is 4. The molecular formula is C57H111NO5. The first-order chi connectivity index (χ1) is 31.0. The van der Waals surface area contributed by atoms with Gasteiger partial charge in [0.1, 0.15) is 12.2 Å². The van der Waals surface area contributed by atoms with E-state index in [1.54, 1.807) is 0 Å². The summed E-state index contributed by atoms with van der Waals surface area (Å²) >= 11 is 0. The van der Waals surface area contributed by atoms with Gasteiger partial charge in [0.15, 0.2) is 0 Å². The Morgan fingerprint density at radius 2 is 0.667 bits per heavy atom. The Morgan fingerprint density at radius 3 is 1.00 bits per heavy atom. The molecular weight excluding hydrogens is 779 g/mol. The normalized spacial score (nSPS) is 13.9. The summed E-state index contributed by atoms with van der Waals surface area (Å²) in [5.74, 6) is -0.592. The van der Waals surface area contributed by atoms with E-state index < -0.39 is 36.9 Å². The first kappa shape index (κ1) is 61.8. The van der Waals surface area contributed by atoms with Crippen molar-refractivity contribution in [3.63, 3.8) is 0 Å². The van der Waals surface area contributed by atoms with Gasteiger partial charge in [-0.2, -0.15) is 0 Å². The van der Waals surface area contributed by atoms with Crippen LogP contribution >= 0.6 is 0 Å². The van der Waals surface area contributed by atoms with Crippen LogP contribution in [0.3, 0.4) is 0 Å². The third-order valence-electron chi connectivity index (χ3n) is 13.4. The molecule has 0 rings (SSSR count). The molecule has 0 fully saturated rings. The second-order valence-electron chi connectivity index (χ2n) is 19.6. The van der Waals surface area contributed by atoms with Crippen LogP contribution in [0.25, 0.3) is 0 Å². The monoisotopic (exact) mass is 890 g/mol. The predicted molar refractivity (Wildman–Crippen MR) is 274 cm³/mol. The van der Waals surface area contributed by atoms with Crippen molar-refractivity contribution in [3.05, 3.63) is 24.3 Å². The lowest BCUT2D eigenvalue weighted by atomic mass is 10.00. The summed E-state index contributed by atoms with van der Waals surface area (Å²) in [7, 11) is 0. The average molecular weight is 891 g/mol. The van der Waals surface area contributed by atoms with Crippen molar-refractivity contribution in [2.75, 3.05) is 6.61 Å². The quantitative estimate of drug-likeness (QED) is 0.0309. The highest BCUT2D eigenvalue weighted by molar-refractivity contribution is 5.80. The van der Waals surface area contributed by atoms with Gasteiger partial charge in [-0.15, -0.1) is 0 Å². The predicted octanol–water partition coefficient (Wildman–Crippen LogP) is 16.3. The molecule has 5 N–H and O–H groups in total. The molecule has 1 amide bonds. The summed E-state index contributed by atoms with van der Waals surface area (Å²) in [6.07, 6.45) is 62.5. The molecule has 0 aromatic rings. The number of carbonyl (C=O) groups excluding carboxylic acids is 1. The lowest BCUT2D eigenvalue weighted by Gasteiger charge is -2.27. The van der Waals surface area contributed by atoms with Gasteiger partial charge in [-0.25, -0.2) is 0 Å². The Morgan fingerprint density at radius 1 is 0.381 bits per heavy atom. The van der Waals surface area contributed by atoms with E-state index in [1.807, 2.05) is 0 Å². The van der Waals surface area contributed by atoms with Crippen molar-refractivity contribution < 1.29 is 25.2 Å². The molecule has 0 saturated carbocycles. The number of carbonyl (C=O) groups is 1. The van der Waals surface area contributed by atoms with E-state index in [2.05, 4.69) is 43.5 Å². The van der Waals surface area contributed by atoms with E-state index >= 15 is 0 Å². The molecule has 0 bridgehead atoms. The number of hydrogen-bond donors (Lipinski definition) is 5. The van der Waals surface area contributed by atoms with Crippen LogP contribution < -0.4 is 5.32 Å². The van der Waals surface area contributed by atoms with Crippen LogP contribution in [0, 0.1) is 0 Å². The molecule has 0 aromatic carbocycles. The van der Waals surface area contributed by atoms with Crippen LogP contribution in [-0.4, -0.2) is 57.3 Å². The maximum absolute atomic E-state index is 12.6. The van der Waals surface area contributed by atoms with Gasteiger partial charge in [-0.1, -0.05) is 276 Å². The molecule has 6 heteroatoms. The van der Waals surface area contributed by atoms with E-state index in [1.165, 1.54) is 231 Å². The number of rotatable bonds is 52. The van der Waals surface area contributed by atoms with Crippen LogP contribution in [0.4, 0.5) is 0 Å². The van der Waals surface area contributed by atoms with Crippen molar-refractivity contribution >= 4 is 5.91 Å². The summed E-state index contributed by atoms with van der Waals surface area (Å²) in [6.45, 7) is 4.08. The summed E-state index contributed by atoms with van der Waals surface area (Å²) in [5, 5.41) is 44.0. The Balaban J connectivity index is 3.67. The minimum Gasteiger partial charge on any atom is -0.394 e. The molecule has 0 aromatic heterocycles. The number of amides is 1. The number of allylic oxidation sites excluding steroid dienone is 4. The largest absolute Gasteiger partial charge is 0.394 e. The number of unbranched alkanes of at least 4 members (excludes halogenated alkanes) is 39. The number of nitrogens with one attached hydrogen (secondary N) is 1. The van der Waals surface area contributed by atoms with Crippen molar-refractivity contribution in [1.29, 1.82) is 0 Å². The van der Waals surface area contributed by atoms with Crippen LogP contribution in [0.2, 0.25) is 0 Å². The van der Waals surface area contributed by atoms with Crippen LogP contribution in [-0.2, 0) is 4.79 Å². The van der Waals surface area contributed by atoms with E-state index in [9.17, 15) is 25.2 Å². The topological polar surface area (TPSA) is 110 Å². The first-order valence-corrected chi connectivity index (χ1v) is 28.2. The molecule has 374 valence electrons. The Kier molecular flexibility index (Phi) is 50.8. The van der Waals surface area contributed by atoms with Gasteiger partial charge >= 0.3 is 0 Å². The maximum Gasteiger partial charge on any atom is 0.249 e. The van der Waals surface area contributed by atoms with Gasteiger partial charge in [0.05, 0.1) is 18.8 Å². The maximum atomic E-state index is 12.6. The summed E-state index contributed by atoms with van der Waals surface area (Å²) in [6, 6.07) is -1.01. The lowest BCUT2D eigenvalue weighted by Crippen LogP contribution is -2.53. The number of aliphatic hydroxyl groups excluding tert-OH is 4. The van der Waals surface area contributed by atoms with E-state index in [4.69, 9.17) is 0 Å². The van der Waals surface area contributed by atoms with Gasteiger partial charge in [0.25, 0.3) is 0 Å². The molecule has 0 aliphatic heterocycles. The zero-order valence-electron chi connectivity index (χ0n) is 42.3. The molecule has 0 spiro atoms.